The summed E-state index contributed by atoms with van der Waals surface area (Å²) in [5, 5.41) is 11.1. The zero-order valence-electron chi connectivity index (χ0n) is 13.0. The number of amides is 3. The zero-order chi connectivity index (χ0) is 16.2. The third-order valence-electron chi connectivity index (χ3n) is 3.75. The lowest BCUT2D eigenvalue weighted by molar-refractivity contribution is -0.133. The average Bonchev–Trinajstić information content (AvgIpc) is 2.57. The van der Waals surface area contributed by atoms with E-state index in [4.69, 9.17) is 5.11 Å². The van der Waals surface area contributed by atoms with Crippen molar-refractivity contribution in [2.75, 3.05) is 26.7 Å². The van der Waals surface area contributed by atoms with Crippen molar-refractivity contribution in [3.05, 3.63) is 11.1 Å². The van der Waals surface area contributed by atoms with E-state index in [-0.39, 0.29) is 17.2 Å². The monoisotopic (exact) mass is 297 g/mol. The van der Waals surface area contributed by atoms with Crippen LogP contribution < -0.4 is 5.32 Å². The van der Waals surface area contributed by atoms with Crippen molar-refractivity contribution < 1.29 is 19.5 Å². The molecule has 1 fully saturated rings. The van der Waals surface area contributed by atoms with E-state index in [0.29, 0.717) is 6.54 Å². The number of carbonyl (C=O) groups excluding carboxylic acids is 2. The minimum Gasteiger partial charge on any atom is -0.478 e. The summed E-state index contributed by atoms with van der Waals surface area (Å²) in [5.41, 5.74) is -0.0283. The van der Waals surface area contributed by atoms with Crippen LogP contribution in [0.1, 0.15) is 27.2 Å². The highest BCUT2D eigenvalue weighted by Crippen LogP contribution is 2.09. The Morgan fingerprint density at radius 1 is 1.14 bits per heavy atom. The fourth-order valence-corrected chi connectivity index (χ4v) is 2.27. The van der Waals surface area contributed by atoms with Crippen molar-refractivity contribution in [3.63, 3.8) is 0 Å². The molecule has 0 bridgehead atoms. The van der Waals surface area contributed by atoms with E-state index in [1.165, 1.54) is 13.8 Å². The number of hydrogen-bond donors (Lipinski definition) is 2. The molecule has 0 aromatic heterocycles. The molecule has 1 unspecified atom stereocenters. The maximum atomic E-state index is 12.2. The number of nitrogens with one attached hydrogen (secondary N) is 1. The summed E-state index contributed by atoms with van der Waals surface area (Å²) in [5.74, 6) is -1.83. The van der Waals surface area contributed by atoms with Gasteiger partial charge in [-0.2, -0.15) is 0 Å². The summed E-state index contributed by atoms with van der Waals surface area (Å²) < 4.78 is 0. The van der Waals surface area contributed by atoms with Gasteiger partial charge in [-0.1, -0.05) is 0 Å². The van der Waals surface area contributed by atoms with E-state index < -0.39 is 17.9 Å². The van der Waals surface area contributed by atoms with Crippen molar-refractivity contribution in [2.24, 2.45) is 0 Å². The Balaban J connectivity index is 2.74. The molecule has 21 heavy (non-hydrogen) atoms. The molecule has 118 valence electrons. The van der Waals surface area contributed by atoms with Crippen LogP contribution in [0.25, 0.3) is 0 Å². The third kappa shape index (κ3) is 4.56. The number of urea groups is 1. The molecule has 0 aromatic carbocycles. The fourth-order valence-electron chi connectivity index (χ4n) is 2.27. The molecule has 1 saturated heterocycles. The molecule has 0 aromatic rings. The second kappa shape index (κ2) is 7.21. The maximum Gasteiger partial charge on any atom is 0.331 e. The number of rotatable bonds is 2. The van der Waals surface area contributed by atoms with Crippen molar-refractivity contribution >= 4 is 17.9 Å². The largest absolute Gasteiger partial charge is 0.478 e. The number of nitrogens with zero attached hydrogens (tertiary/aromatic N) is 2. The number of carbonyl (C=O) groups is 3. The molecule has 1 aliphatic rings. The molecular formula is C14H23N3O4. The van der Waals surface area contributed by atoms with Gasteiger partial charge in [-0.15, -0.1) is 0 Å². The van der Waals surface area contributed by atoms with Gasteiger partial charge >= 0.3 is 12.0 Å². The summed E-state index contributed by atoms with van der Waals surface area (Å²) in [4.78, 5) is 38.7. The first kappa shape index (κ1) is 17.2. The standard InChI is InChI=1S/C14H23N3O4/c1-9-8-16(4)6-5-7-17(9)14(21)15-12(18)10(2)11(3)13(19)20/h9H,5-8H2,1-4H3,(H,19,20)(H,15,18,21). The Bertz CT molecular complexity index is 473. The van der Waals surface area contributed by atoms with Crippen molar-refractivity contribution in [2.45, 2.75) is 33.2 Å². The van der Waals surface area contributed by atoms with E-state index in [1.54, 1.807) is 4.90 Å². The first-order valence-corrected chi connectivity index (χ1v) is 6.95. The van der Waals surface area contributed by atoms with Crippen LogP contribution >= 0.6 is 0 Å². The SMILES string of the molecule is CC(C(=O)O)=C(C)C(=O)NC(=O)N1CCCN(C)CC1C. The highest BCUT2D eigenvalue weighted by molar-refractivity contribution is 6.07. The topological polar surface area (TPSA) is 89.9 Å². The minimum atomic E-state index is -1.17. The van der Waals surface area contributed by atoms with Crippen LogP contribution in [0.4, 0.5) is 4.79 Å². The molecule has 2 N–H and O–H groups in total. The lowest BCUT2D eigenvalue weighted by atomic mass is 10.1. The van der Waals surface area contributed by atoms with E-state index in [9.17, 15) is 14.4 Å². The Morgan fingerprint density at radius 2 is 1.76 bits per heavy atom. The van der Waals surface area contributed by atoms with Crippen molar-refractivity contribution in [3.8, 4) is 0 Å². The van der Waals surface area contributed by atoms with E-state index in [2.05, 4.69) is 10.2 Å². The summed E-state index contributed by atoms with van der Waals surface area (Å²) in [7, 11) is 1.99. The van der Waals surface area contributed by atoms with Gasteiger partial charge in [0.15, 0.2) is 0 Å². The summed E-state index contributed by atoms with van der Waals surface area (Å²) in [6, 6.07) is -0.476. The average molecular weight is 297 g/mol. The summed E-state index contributed by atoms with van der Waals surface area (Å²) >= 11 is 0. The lowest BCUT2D eigenvalue weighted by Gasteiger charge is -2.27. The highest BCUT2D eigenvalue weighted by atomic mass is 16.4. The summed E-state index contributed by atoms with van der Waals surface area (Å²) in [6.07, 6.45) is 0.839. The van der Waals surface area contributed by atoms with Gasteiger partial charge in [0.05, 0.1) is 0 Å². The predicted molar refractivity (Wildman–Crippen MR) is 77.8 cm³/mol. The first-order chi connectivity index (χ1) is 9.73. The number of likely N-dealkylation sites (N-methyl/N-ethyl adjacent to an activating group) is 1. The van der Waals surface area contributed by atoms with Crippen molar-refractivity contribution in [1.82, 2.24) is 15.1 Å². The second-order valence-corrected chi connectivity index (χ2v) is 5.47. The van der Waals surface area contributed by atoms with Crippen LogP contribution in [0.5, 0.6) is 0 Å². The van der Waals surface area contributed by atoms with Crippen molar-refractivity contribution in [1.29, 1.82) is 0 Å². The van der Waals surface area contributed by atoms with Gasteiger partial charge in [0.1, 0.15) is 0 Å². The van der Waals surface area contributed by atoms with Gasteiger partial charge < -0.3 is 14.9 Å². The van der Waals surface area contributed by atoms with Gasteiger partial charge in [-0.05, 0) is 40.8 Å². The molecule has 1 aliphatic heterocycles. The van der Waals surface area contributed by atoms with E-state index in [1.807, 2.05) is 14.0 Å². The number of aliphatic carboxylic acids is 1. The van der Waals surface area contributed by atoms with Crippen LogP contribution in [0.3, 0.4) is 0 Å². The van der Waals surface area contributed by atoms with Crippen LogP contribution in [-0.4, -0.2) is 65.5 Å². The Kier molecular flexibility index (Phi) is 5.90. The molecule has 1 heterocycles. The molecular weight excluding hydrogens is 274 g/mol. The Labute approximate surface area is 124 Å². The molecule has 7 nitrogen and oxygen atoms in total. The quantitative estimate of drug-likeness (QED) is 0.731. The number of hydrogen-bond acceptors (Lipinski definition) is 4. The van der Waals surface area contributed by atoms with Gasteiger partial charge in [0, 0.05) is 30.3 Å². The molecule has 1 rings (SSSR count). The van der Waals surface area contributed by atoms with Gasteiger partial charge in [0.25, 0.3) is 5.91 Å². The second-order valence-electron chi connectivity index (χ2n) is 5.47. The lowest BCUT2D eigenvalue weighted by Crippen LogP contribution is -2.49. The Hall–Kier alpha value is -1.89. The molecule has 0 aliphatic carbocycles. The van der Waals surface area contributed by atoms with Gasteiger partial charge in [-0.25, -0.2) is 9.59 Å². The summed E-state index contributed by atoms with van der Waals surface area (Å²) in [6.45, 7) is 6.88. The molecule has 0 radical (unpaired) electrons. The smallest absolute Gasteiger partial charge is 0.331 e. The van der Waals surface area contributed by atoms with E-state index in [0.717, 1.165) is 19.5 Å². The number of carboxylic acids is 1. The van der Waals surface area contributed by atoms with Crippen LogP contribution in [0.15, 0.2) is 11.1 Å². The number of imide groups is 1. The van der Waals surface area contributed by atoms with E-state index >= 15 is 0 Å². The number of carboxylic acid groups (broad SMARTS) is 1. The van der Waals surface area contributed by atoms with Gasteiger partial charge in [0.2, 0.25) is 0 Å². The first-order valence-electron chi connectivity index (χ1n) is 6.95. The highest BCUT2D eigenvalue weighted by Gasteiger charge is 2.26. The van der Waals surface area contributed by atoms with Gasteiger partial charge in [-0.3, -0.25) is 10.1 Å². The Morgan fingerprint density at radius 3 is 2.33 bits per heavy atom. The molecule has 0 spiro atoms. The zero-order valence-corrected chi connectivity index (χ0v) is 13.0. The molecule has 7 heteroatoms. The molecule has 3 amide bonds. The third-order valence-corrected chi connectivity index (χ3v) is 3.75. The molecule has 0 saturated carbocycles. The molecule has 1 atom stereocenters. The van der Waals surface area contributed by atoms with Crippen LogP contribution in [0.2, 0.25) is 0 Å². The normalized spacial score (nSPS) is 21.3. The minimum absolute atomic E-state index is 0.00448. The van der Waals surface area contributed by atoms with Crippen LogP contribution in [0, 0.1) is 0 Å². The predicted octanol–water partition coefficient (Wildman–Crippen LogP) is 0.670. The van der Waals surface area contributed by atoms with Crippen LogP contribution in [-0.2, 0) is 9.59 Å². The maximum absolute atomic E-state index is 12.2. The fraction of sp³-hybridized carbons (Fsp3) is 0.643.